The van der Waals surface area contributed by atoms with Crippen molar-refractivity contribution in [3.8, 4) is 11.4 Å². The van der Waals surface area contributed by atoms with Crippen LogP contribution in [0.3, 0.4) is 0 Å². The van der Waals surface area contributed by atoms with Crippen molar-refractivity contribution >= 4 is 16.9 Å². The lowest BCUT2D eigenvalue weighted by molar-refractivity contribution is 0.285. The third-order valence-corrected chi connectivity index (χ3v) is 7.11. The molecule has 5 aromatic rings. The molecule has 2 aromatic heterocycles. The van der Waals surface area contributed by atoms with Gasteiger partial charge in [0.15, 0.2) is 5.65 Å². The maximum atomic E-state index is 5.32. The number of anilines is 1. The molecule has 6 rings (SSSR count). The summed E-state index contributed by atoms with van der Waals surface area (Å²) < 4.78 is 7.25. The number of methoxy groups -OCH3 is 1. The number of para-hydroxylation sites is 1. The number of hydrogen-bond acceptors (Lipinski definition) is 6. The van der Waals surface area contributed by atoms with Crippen molar-refractivity contribution in [2.75, 3.05) is 38.2 Å². The van der Waals surface area contributed by atoms with Crippen LogP contribution in [-0.4, -0.2) is 57.9 Å². The summed E-state index contributed by atoms with van der Waals surface area (Å²) in [6, 6.07) is 29.0. The molecule has 1 aliphatic rings. The fourth-order valence-electron chi connectivity index (χ4n) is 5.12. The molecule has 3 heterocycles. The molecular formula is C31H32N6O. The molecule has 1 aliphatic heterocycles. The first-order valence-corrected chi connectivity index (χ1v) is 13.2. The number of fused-ring (bicyclic) bond motifs is 1. The molecule has 3 aromatic carbocycles. The fourth-order valence-corrected chi connectivity index (χ4v) is 5.12. The largest absolute Gasteiger partial charge is 0.497 e. The molecule has 38 heavy (non-hydrogen) atoms. The Hall–Kier alpha value is -4.23. The van der Waals surface area contributed by atoms with Crippen LogP contribution in [0.5, 0.6) is 5.75 Å². The molecule has 192 valence electrons. The summed E-state index contributed by atoms with van der Waals surface area (Å²) in [5.74, 6) is 2.69. The van der Waals surface area contributed by atoms with Crippen LogP contribution in [0, 0.1) is 0 Å². The second-order valence-electron chi connectivity index (χ2n) is 9.72. The Bertz CT molecular complexity index is 1480. The summed E-state index contributed by atoms with van der Waals surface area (Å²) in [6.07, 6.45) is 3.67. The van der Waals surface area contributed by atoms with E-state index in [-0.39, 0.29) is 0 Å². The molecule has 1 saturated heterocycles. The number of aromatic nitrogens is 4. The first-order valence-electron chi connectivity index (χ1n) is 13.2. The predicted octanol–water partition coefficient (Wildman–Crippen LogP) is 5.13. The van der Waals surface area contributed by atoms with E-state index in [4.69, 9.17) is 19.8 Å². The van der Waals surface area contributed by atoms with Gasteiger partial charge >= 0.3 is 0 Å². The smallest absolute Gasteiger partial charge is 0.168 e. The molecule has 0 amide bonds. The monoisotopic (exact) mass is 504 g/mol. The maximum Gasteiger partial charge on any atom is 0.168 e. The molecule has 7 heteroatoms. The van der Waals surface area contributed by atoms with Gasteiger partial charge in [0, 0.05) is 39.1 Å². The maximum absolute atomic E-state index is 5.32. The molecule has 0 saturated carbocycles. The lowest BCUT2D eigenvalue weighted by atomic mass is 10.1. The van der Waals surface area contributed by atoms with Crippen LogP contribution in [0.15, 0.2) is 91.1 Å². The van der Waals surface area contributed by atoms with Gasteiger partial charge in [0.2, 0.25) is 0 Å². The molecule has 7 nitrogen and oxygen atoms in total. The molecule has 0 N–H and O–H groups in total. The van der Waals surface area contributed by atoms with Crippen molar-refractivity contribution < 1.29 is 4.74 Å². The quantitative estimate of drug-likeness (QED) is 0.306. The van der Waals surface area contributed by atoms with Crippen LogP contribution in [0.25, 0.3) is 16.7 Å². The van der Waals surface area contributed by atoms with Crippen LogP contribution >= 0.6 is 0 Å². The zero-order valence-electron chi connectivity index (χ0n) is 21.7. The van der Waals surface area contributed by atoms with Crippen LogP contribution in [0.4, 0.5) is 5.82 Å². The van der Waals surface area contributed by atoms with Gasteiger partial charge < -0.3 is 9.64 Å². The van der Waals surface area contributed by atoms with Crippen molar-refractivity contribution in [3.05, 3.63) is 108 Å². The van der Waals surface area contributed by atoms with E-state index in [0.717, 1.165) is 73.3 Å². The number of ether oxygens (including phenoxy) is 1. The van der Waals surface area contributed by atoms with E-state index in [1.807, 2.05) is 47.3 Å². The zero-order valence-corrected chi connectivity index (χ0v) is 21.7. The first kappa shape index (κ1) is 24.1. The highest BCUT2D eigenvalue weighted by Crippen LogP contribution is 2.28. The summed E-state index contributed by atoms with van der Waals surface area (Å²) in [6.45, 7) is 4.81. The van der Waals surface area contributed by atoms with Gasteiger partial charge in [-0.2, -0.15) is 5.10 Å². The molecule has 1 fully saturated rings. The van der Waals surface area contributed by atoms with Gasteiger partial charge in [-0.1, -0.05) is 60.7 Å². The van der Waals surface area contributed by atoms with E-state index in [2.05, 4.69) is 58.3 Å². The molecule has 0 spiro atoms. The van der Waals surface area contributed by atoms with E-state index in [9.17, 15) is 0 Å². The number of hydrogen-bond donors (Lipinski definition) is 0. The SMILES string of the molecule is COc1ccc(CN2CCCN(c3nc(Cc4ccccc4)nc4c3cnn4-c3ccccc3)CC2)cc1. The molecule has 0 bridgehead atoms. The molecular weight excluding hydrogens is 472 g/mol. The molecule has 0 atom stereocenters. The topological polar surface area (TPSA) is 59.3 Å². The molecule has 0 aliphatic carbocycles. The van der Waals surface area contributed by atoms with Gasteiger partial charge in [0.05, 0.1) is 24.4 Å². The van der Waals surface area contributed by atoms with Crippen LogP contribution in [0.1, 0.15) is 23.4 Å². The Balaban J connectivity index is 1.30. The summed E-state index contributed by atoms with van der Waals surface area (Å²) >= 11 is 0. The fraction of sp³-hybridized carbons (Fsp3) is 0.258. The Labute approximate surface area is 223 Å². The standard InChI is InChI=1S/C31H32N6O/c1-38-27-15-13-25(14-16-27)23-35-17-8-18-36(20-19-35)30-28-22-32-37(26-11-6-3-7-12-26)31(28)34-29(33-30)21-24-9-4-2-5-10-24/h2-7,9-16,22H,8,17-21,23H2,1H3. The zero-order chi connectivity index (χ0) is 25.7. The Morgan fingerprint density at radius 1 is 0.763 bits per heavy atom. The predicted molar refractivity (Wildman–Crippen MR) is 151 cm³/mol. The van der Waals surface area contributed by atoms with Crippen molar-refractivity contribution in [1.82, 2.24) is 24.6 Å². The summed E-state index contributed by atoms with van der Waals surface area (Å²) in [4.78, 5) is 15.1. The second-order valence-corrected chi connectivity index (χ2v) is 9.72. The van der Waals surface area contributed by atoms with Crippen molar-refractivity contribution in [3.63, 3.8) is 0 Å². The first-order chi connectivity index (χ1) is 18.8. The molecule has 0 radical (unpaired) electrons. The Morgan fingerprint density at radius 2 is 1.53 bits per heavy atom. The van der Waals surface area contributed by atoms with Gasteiger partial charge in [-0.25, -0.2) is 14.6 Å². The Kier molecular flexibility index (Phi) is 7.00. The number of benzene rings is 3. The van der Waals surface area contributed by atoms with Gasteiger partial charge in [0.1, 0.15) is 17.4 Å². The van der Waals surface area contributed by atoms with E-state index in [0.29, 0.717) is 6.42 Å². The normalized spacial score (nSPS) is 14.5. The third-order valence-electron chi connectivity index (χ3n) is 7.11. The van der Waals surface area contributed by atoms with Crippen LogP contribution in [-0.2, 0) is 13.0 Å². The minimum absolute atomic E-state index is 0.682. The van der Waals surface area contributed by atoms with Crippen molar-refractivity contribution in [2.24, 2.45) is 0 Å². The van der Waals surface area contributed by atoms with Crippen LogP contribution in [0.2, 0.25) is 0 Å². The lowest BCUT2D eigenvalue weighted by Crippen LogP contribution is -2.31. The average Bonchev–Trinajstić information content (AvgIpc) is 3.26. The number of nitrogens with zero attached hydrogens (tertiary/aromatic N) is 6. The summed E-state index contributed by atoms with van der Waals surface area (Å²) in [5, 5.41) is 5.74. The third kappa shape index (κ3) is 5.24. The van der Waals surface area contributed by atoms with E-state index in [1.54, 1.807) is 7.11 Å². The van der Waals surface area contributed by atoms with Crippen molar-refractivity contribution in [1.29, 1.82) is 0 Å². The Morgan fingerprint density at radius 3 is 2.29 bits per heavy atom. The van der Waals surface area contributed by atoms with Gasteiger partial charge in [0.25, 0.3) is 0 Å². The minimum Gasteiger partial charge on any atom is -0.497 e. The average molecular weight is 505 g/mol. The second kappa shape index (κ2) is 11.0. The van der Waals surface area contributed by atoms with Crippen molar-refractivity contribution in [2.45, 2.75) is 19.4 Å². The number of rotatable bonds is 7. The summed E-state index contributed by atoms with van der Waals surface area (Å²) in [7, 11) is 1.71. The highest BCUT2D eigenvalue weighted by molar-refractivity contribution is 5.88. The van der Waals surface area contributed by atoms with Gasteiger partial charge in [-0.05, 0) is 41.8 Å². The lowest BCUT2D eigenvalue weighted by Gasteiger charge is -2.24. The van der Waals surface area contributed by atoms with Gasteiger partial charge in [-0.3, -0.25) is 4.90 Å². The van der Waals surface area contributed by atoms with E-state index >= 15 is 0 Å². The highest BCUT2D eigenvalue weighted by Gasteiger charge is 2.22. The molecule has 0 unspecified atom stereocenters. The summed E-state index contributed by atoms with van der Waals surface area (Å²) in [5.41, 5.74) is 4.36. The van der Waals surface area contributed by atoms with Crippen LogP contribution < -0.4 is 9.64 Å². The van der Waals surface area contributed by atoms with E-state index in [1.165, 1.54) is 11.1 Å². The minimum atomic E-state index is 0.682. The highest BCUT2D eigenvalue weighted by atomic mass is 16.5. The van der Waals surface area contributed by atoms with Gasteiger partial charge in [-0.15, -0.1) is 0 Å². The van der Waals surface area contributed by atoms with E-state index < -0.39 is 0 Å².